The van der Waals surface area contributed by atoms with Crippen molar-refractivity contribution in [3.63, 3.8) is 0 Å². The molecule has 0 unspecified atom stereocenters. The molecule has 0 aliphatic rings. The van der Waals surface area contributed by atoms with Crippen LogP contribution in [0, 0.1) is 5.82 Å². The second-order valence-corrected chi connectivity index (χ2v) is 3.64. The van der Waals surface area contributed by atoms with Gasteiger partial charge in [0.05, 0.1) is 6.61 Å². The lowest BCUT2D eigenvalue weighted by atomic mass is 10.1. The summed E-state index contributed by atoms with van der Waals surface area (Å²) in [7, 11) is 3.43. The van der Waals surface area contributed by atoms with Gasteiger partial charge in [-0.25, -0.2) is 9.18 Å². The molecule has 0 fully saturated rings. The Morgan fingerprint density at radius 2 is 1.94 bits per heavy atom. The number of ether oxygens (including phenoxy) is 1. The first-order chi connectivity index (χ1) is 7.95. The zero-order valence-corrected chi connectivity index (χ0v) is 9.99. The zero-order chi connectivity index (χ0) is 13.0. The summed E-state index contributed by atoms with van der Waals surface area (Å²) in [6.45, 7) is 1.71. The normalized spacial score (nSPS) is 9.88. The number of benzene rings is 1. The van der Waals surface area contributed by atoms with E-state index >= 15 is 0 Å². The van der Waals surface area contributed by atoms with Gasteiger partial charge in [0.1, 0.15) is 5.82 Å². The first kappa shape index (κ1) is 13.2. The number of hydrogen-bond donors (Lipinski definition) is 0. The molecule has 0 saturated heterocycles. The Labute approximate surface area is 99.0 Å². The topological polar surface area (TPSA) is 46.6 Å². The largest absolute Gasteiger partial charge is 0.460 e. The van der Waals surface area contributed by atoms with E-state index in [2.05, 4.69) is 4.74 Å². The first-order valence-electron chi connectivity index (χ1n) is 5.15. The van der Waals surface area contributed by atoms with E-state index in [0.29, 0.717) is 5.69 Å². The van der Waals surface area contributed by atoms with Gasteiger partial charge in [-0.3, -0.25) is 4.79 Å². The Kier molecular flexibility index (Phi) is 4.20. The molecule has 17 heavy (non-hydrogen) atoms. The van der Waals surface area contributed by atoms with Crippen LogP contribution < -0.4 is 4.90 Å². The fourth-order valence-electron chi connectivity index (χ4n) is 1.28. The predicted molar refractivity (Wildman–Crippen MR) is 61.7 cm³/mol. The lowest BCUT2D eigenvalue weighted by Gasteiger charge is -2.13. The van der Waals surface area contributed by atoms with Gasteiger partial charge >= 0.3 is 5.97 Å². The number of carbonyl (C=O) groups excluding carboxylic acids is 2. The number of anilines is 1. The second-order valence-electron chi connectivity index (χ2n) is 3.64. The number of ketones is 1. The molecule has 1 rings (SSSR count). The zero-order valence-electron chi connectivity index (χ0n) is 9.99. The van der Waals surface area contributed by atoms with Gasteiger partial charge < -0.3 is 9.64 Å². The third kappa shape index (κ3) is 3.27. The summed E-state index contributed by atoms with van der Waals surface area (Å²) in [5.41, 5.74) is 0.504. The number of hydrogen-bond acceptors (Lipinski definition) is 4. The molecule has 0 aromatic heterocycles. The van der Waals surface area contributed by atoms with Crippen LogP contribution in [0.2, 0.25) is 0 Å². The van der Waals surface area contributed by atoms with Crippen LogP contribution in [-0.4, -0.2) is 32.5 Å². The van der Waals surface area contributed by atoms with E-state index in [1.807, 2.05) is 0 Å². The highest BCUT2D eigenvalue weighted by atomic mass is 19.1. The molecule has 0 heterocycles. The highest BCUT2D eigenvalue weighted by molar-refractivity contribution is 6.40. The molecular formula is C12H14FNO3. The van der Waals surface area contributed by atoms with Crippen molar-refractivity contribution in [2.24, 2.45) is 0 Å². The molecule has 92 valence electrons. The number of esters is 1. The minimum Gasteiger partial charge on any atom is -0.460 e. The van der Waals surface area contributed by atoms with Crippen LogP contribution in [0.5, 0.6) is 0 Å². The van der Waals surface area contributed by atoms with E-state index < -0.39 is 17.6 Å². The van der Waals surface area contributed by atoms with Gasteiger partial charge in [-0.1, -0.05) is 0 Å². The highest BCUT2D eigenvalue weighted by Gasteiger charge is 2.19. The van der Waals surface area contributed by atoms with Crippen LogP contribution in [0.25, 0.3) is 0 Å². The number of Topliss-reactive ketones (excluding diaryl/α,β-unsaturated/α-hetero) is 1. The quantitative estimate of drug-likeness (QED) is 0.455. The van der Waals surface area contributed by atoms with E-state index in [-0.39, 0.29) is 12.2 Å². The molecule has 0 aliphatic carbocycles. The molecule has 0 aliphatic heterocycles. The number of carbonyl (C=O) groups is 2. The van der Waals surface area contributed by atoms with Crippen molar-refractivity contribution in [3.8, 4) is 0 Å². The molecule has 0 spiro atoms. The fraction of sp³-hybridized carbons (Fsp3) is 0.333. The van der Waals surface area contributed by atoms with Crippen molar-refractivity contribution >= 4 is 17.4 Å². The number of halogens is 1. The maximum Gasteiger partial charge on any atom is 0.379 e. The second kappa shape index (κ2) is 5.43. The summed E-state index contributed by atoms with van der Waals surface area (Å²) in [4.78, 5) is 24.5. The average molecular weight is 239 g/mol. The molecule has 0 radical (unpaired) electrons. The predicted octanol–water partition coefficient (Wildman–Crippen LogP) is 1.64. The Hall–Kier alpha value is -1.91. The van der Waals surface area contributed by atoms with Gasteiger partial charge in [0.25, 0.3) is 5.78 Å². The third-order valence-corrected chi connectivity index (χ3v) is 2.12. The Morgan fingerprint density at radius 3 is 2.47 bits per heavy atom. The fourth-order valence-corrected chi connectivity index (χ4v) is 1.28. The Balaban J connectivity index is 3.05. The van der Waals surface area contributed by atoms with Crippen LogP contribution in [0.4, 0.5) is 10.1 Å². The molecule has 0 N–H and O–H groups in total. The number of nitrogens with zero attached hydrogens (tertiary/aromatic N) is 1. The molecule has 0 bridgehead atoms. The smallest absolute Gasteiger partial charge is 0.379 e. The van der Waals surface area contributed by atoms with Crippen molar-refractivity contribution in [2.45, 2.75) is 6.92 Å². The molecule has 5 heteroatoms. The van der Waals surface area contributed by atoms with Crippen LogP contribution in [0.1, 0.15) is 17.3 Å². The van der Waals surface area contributed by atoms with Crippen LogP contribution in [0.15, 0.2) is 18.2 Å². The van der Waals surface area contributed by atoms with Crippen LogP contribution >= 0.6 is 0 Å². The van der Waals surface area contributed by atoms with E-state index in [1.54, 1.807) is 25.9 Å². The van der Waals surface area contributed by atoms with E-state index in [9.17, 15) is 14.0 Å². The first-order valence-corrected chi connectivity index (χ1v) is 5.15. The molecular weight excluding hydrogens is 225 g/mol. The maximum absolute atomic E-state index is 13.3. The summed E-state index contributed by atoms with van der Waals surface area (Å²) in [6, 6.07) is 3.75. The molecule has 4 nitrogen and oxygen atoms in total. The summed E-state index contributed by atoms with van der Waals surface area (Å²) in [5, 5.41) is 0. The van der Waals surface area contributed by atoms with Crippen molar-refractivity contribution in [2.75, 3.05) is 25.6 Å². The van der Waals surface area contributed by atoms with E-state index in [0.717, 1.165) is 6.07 Å². The summed E-state index contributed by atoms with van der Waals surface area (Å²) in [5.74, 6) is -2.37. The van der Waals surface area contributed by atoms with Crippen molar-refractivity contribution < 1.29 is 18.7 Å². The molecule has 0 saturated carbocycles. The Morgan fingerprint density at radius 1 is 1.29 bits per heavy atom. The van der Waals surface area contributed by atoms with Gasteiger partial charge in [-0.05, 0) is 25.1 Å². The number of rotatable bonds is 4. The van der Waals surface area contributed by atoms with E-state index in [4.69, 9.17) is 0 Å². The Bertz CT molecular complexity index is 443. The molecule has 1 aromatic carbocycles. The summed E-state index contributed by atoms with van der Waals surface area (Å²) >= 11 is 0. The van der Waals surface area contributed by atoms with Gasteiger partial charge in [0.2, 0.25) is 0 Å². The average Bonchev–Trinajstić information content (AvgIpc) is 2.27. The third-order valence-electron chi connectivity index (χ3n) is 2.12. The van der Waals surface area contributed by atoms with Crippen molar-refractivity contribution in [1.29, 1.82) is 0 Å². The lowest BCUT2D eigenvalue weighted by Crippen LogP contribution is -2.18. The minimum absolute atomic E-state index is 0.00727. The maximum atomic E-state index is 13.3. The molecule has 0 amide bonds. The molecule has 1 aromatic rings. The summed E-state index contributed by atoms with van der Waals surface area (Å²) < 4.78 is 17.8. The van der Waals surface area contributed by atoms with Crippen LogP contribution in [-0.2, 0) is 9.53 Å². The lowest BCUT2D eigenvalue weighted by molar-refractivity contribution is -0.137. The van der Waals surface area contributed by atoms with Crippen LogP contribution in [0.3, 0.4) is 0 Å². The van der Waals surface area contributed by atoms with Gasteiger partial charge in [-0.2, -0.15) is 0 Å². The monoisotopic (exact) mass is 239 g/mol. The van der Waals surface area contributed by atoms with E-state index in [1.165, 1.54) is 12.1 Å². The SMILES string of the molecule is CCOC(=O)C(=O)c1cc(F)cc(N(C)C)c1. The minimum atomic E-state index is -0.970. The van der Waals surface area contributed by atoms with Gasteiger partial charge in [-0.15, -0.1) is 0 Å². The van der Waals surface area contributed by atoms with Crippen molar-refractivity contribution in [3.05, 3.63) is 29.6 Å². The highest BCUT2D eigenvalue weighted by Crippen LogP contribution is 2.17. The van der Waals surface area contributed by atoms with Gasteiger partial charge in [0, 0.05) is 25.3 Å². The molecule has 0 atom stereocenters. The van der Waals surface area contributed by atoms with Gasteiger partial charge in [0.15, 0.2) is 0 Å². The summed E-state index contributed by atoms with van der Waals surface area (Å²) in [6.07, 6.45) is 0. The standard InChI is InChI=1S/C12H14FNO3/c1-4-17-12(16)11(15)8-5-9(13)7-10(6-8)14(2)3/h5-7H,4H2,1-3H3. The van der Waals surface area contributed by atoms with Crippen molar-refractivity contribution in [1.82, 2.24) is 0 Å².